The van der Waals surface area contributed by atoms with Gasteiger partial charge in [-0.05, 0) is 18.9 Å². The summed E-state index contributed by atoms with van der Waals surface area (Å²) in [5, 5.41) is 0. The molecule has 3 rings (SSSR count). The number of ether oxygens (including phenoxy) is 1. The summed E-state index contributed by atoms with van der Waals surface area (Å²) in [7, 11) is 1.71. The maximum atomic E-state index is 14.0. The molecule has 1 heterocycles. The molecular weight excluding hydrogens is 221 g/mol. The van der Waals surface area contributed by atoms with E-state index < -0.39 is 5.54 Å². The topological polar surface area (TPSA) is 30.5 Å². The Morgan fingerprint density at radius 2 is 2.29 bits per heavy atom. The molecule has 1 aliphatic heterocycles. The van der Waals surface area contributed by atoms with E-state index >= 15 is 0 Å². The maximum Gasteiger partial charge on any atom is 0.128 e. The van der Waals surface area contributed by atoms with Crippen molar-refractivity contribution in [1.29, 1.82) is 0 Å². The lowest BCUT2D eigenvalue weighted by Gasteiger charge is -2.28. The number of hydrogen-bond acceptors (Lipinski definition) is 3. The largest absolute Gasteiger partial charge is 0.381 e. The van der Waals surface area contributed by atoms with Crippen molar-refractivity contribution >= 4 is 0 Å². The fraction of sp³-hybridized carbons (Fsp3) is 0.538. The van der Waals surface area contributed by atoms with E-state index in [2.05, 4.69) is 5.48 Å². The molecule has 1 aromatic rings. The lowest BCUT2D eigenvalue weighted by Crippen LogP contribution is -2.39. The summed E-state index contributed by atoms with van der Waals surface area (Å²) in [6, 6.07) is 6.91. The quantitative estimate of drug-likeness (QED) is 0.853. The first kappa shape index (κ1) is 11.1. The number of rotatable bonds is 2. The van der Waals surface area contributed by atoms with Gasteiger partial charge in [-0.3, -0.25) is 0 Å². The Morgan fingerprint density at radius 1 is 1.47 bits per heavy atom. The fourth-order valence-corrected chi connectivity index (χ4v) is 3.12. The molecule has 1 saturated heterocycles. The van der Waals surface area contributed by atoms with Crippen molar-refractivity contribution in [3.05, 3.63) is 35.6 Å². The van der Waals surface area contributed by atoms with Crippen LogP contribution in [0.15, 0.2) is 24.3 Å². The standard InChI is InChI=1S/C13H16FNO2/c1-16-10-6-9-8-17-15-13(9,7-10)11-4-2-3-5-12(11)14/h2-5,9-10,15H,6-8H2,1H3/t9?,10-,13-/m0/s1. The summed E-state index contributed by atoms with van der Waals surface area (Å²) in [4.78, 5) is 5.34. The Morgan fingerprint density at radius 3 is 3.06 bits per heavy atom. The Hall–Kier alpha value is -0.970. The van der Waals surface area contributed by atoms with Gasteiger partial charge in [0, 0.05) is 18.6 Å². The number of halogens is 1. The minimum atomic E-state index is -0.411. The number of hydroxylamine groups is 1. The Balaban J connectivity index is 2.02. The first-order chi connectivity index (χ1) is 8.26. The van der Waals surface area contributed by atoms with Crippen LogP contribution in [0.3, 0.4) is 0 Å². The van der Waals surface area contributed by atoms with Gasteiger partial charge < -0.3 is 9.57 Å². The van der Waals surface area contributed by atoms with Gasteiger partial charge in [-0.15, -0.1) is 0 Å². The van der Waals surface area contributed by atoms with E-state index in [4.69, 9.17) is 9.57 Å². The van der Waals surface area contributed by atoms with Gasteiger partial charge in [0.25, 0.3) is 0 Å². The van der Waals surface area contributed by atoms with E-state index in [1.54, 1.807) is 13.2 Å². The van der Waals surface area contributed by atoms with Crippen LogP contribution in [-0.4, -0.2) is 19.8 Å². The smallest absolute Gasteiger partial charge is 0.128 e. The fourth-order valence-electron chi connectivity index (χ4n) is 3.12. The third-order valence-corrected chi connectivity index (χ3v) is 4.02. The molecule has 0 bridgehead atoms. The van der Waals surface area contributed by atoms with Crippen LogP contribution in [0.25, 0.3) is 0 Å². The average Bonchev–Trinajstić information content (AvgIpc) is 2.86. The number of benzene rings is 1. The number of methoxy groups -OCH3 is 1. The van der Waals surface area contributed by atoms with Gasteiger partial charge in [0.15, 0.2) is 0 Å². The predicted molar refractivity (Wildman–Crippen MR) is 60.7 cm³/mol. The van der Waals surface area contributed by atoms with E-state index in [0.29, 0.717) is 12.2 Å². The molecule has 0 amide bonds. The molecule has 0 aromatic heterocycles. The first-order valence-corrected chi connectivity index (χ1v) is 5.93. The predicted octanol–water partition coefficient (Wildman–Crippen LogP) is 1.98. The molecule has 1 aliphatic carbocycles. The van der Waals surface area contributed by atoms with E-state index in [1.165, 1.54) is 6.07 Å². The molecule has 0 spiro atoms. The van der Waals surface area contributed by atoms with Crippen molar-refractivity contribution < 1.29 is 14.0 Å². The van der Waals surface area contributed by atoms with Gasteiger partial charge in [0.1, 0.15) is 5.82 Å². The Kier molecular flexibility index (Phi) is 2.65. The SMILES string of the molecule is CO[C@H]1CC2CON[C@@]2(c2ccccc2F)C1. The second kappa shape index (κ2) is 4.05. The average molecular weight is 237 g/mol. The van der Waals surface area contributed by atoms with Crippen LogP contribution in [-0.2, 0) is 15.1 Å². The Bertz CT molecular complexity index is 426. The molecule has 2 fully saturated rings. The van der Waals surface area contributed by atoms with E-state index in [0.717, 1.165) is 12.8 Å². The van der Waals surface area contributed by atoms with Crippen molar-refractivity contribution in [2.75, 3.05) is 13.7 Å². The van der Waals surface area contributed by atoms with E-state index in [9.17, 15) is 4.39 Å². The molecule has 1 aromatic carbocycles. The second-order valence-corrected chi connectivity index (χ2v) is 4.86. The summed E-state index contributed by atoms with van der Waals surface area (Å²) >= 11 is 0. The molecule has 1 unspecified atom stereocenters. The molecule has 4 heteroatoms. The number of fused-ring (bicyclic) bond motifs is 1. The van der Waals surface area contributed by atoms with Crippen molar-refractivity contribution in [2.45, 2.75) is 24.5 Å². The zero-order valence-electron chi connectivity index (χ0n) is 9.78. The van der Waals surface area contributed by atoms with Crippen molar-refractivity contribution in [1.82, 2.24) is 5.48 Å². The summed E-state index contributed by atoms with van der Waals surface area (Å²) in [5.41, 5.74) is 3.32. The number of hydrogen-bond donors (Lipinski definition) is 1. The molecule has 17 heavy (non-hydrogen) atoms. The minimum Gasteiger partial charge on any atom is -0.381 e. The number of nitrogens with one attached hydrogen (secondary N) is 1. The molecule has 3 nitrogen and oxygen atoms in total. The summed E-state index contributed by atoms with van der Waals surface area (Å²) < 4.78 is 19.4. The molecule has 3 atom stereocenters. The summed E-state index contributed by atoms with van der Waals surface area (Å²) in [6.07, 6.45) is 1.85. The second-order valence-electron chi connectivity index (χ2n) is 4.86. The van der Waals surface area contributed by atoms with Crippen LogP contribution < -0.4 is 5.48 Å². The maximum absolute atomic E-state index is 14.0. The zero-order valence-corrected chi connectivity index (χ0v) is 9.78. The molecule has 92 valence electrons. The third-order valence-electron chi connectivity index (χ3n) is 4.02. The zero-order chi connectivity index (χ0) is 11.9. The molecule has 0 radical (unpaired) electrons. The first-order valence-electron chi connectivity index (χ1n) is 5.93. The lowest BCUT2D eigenvalue weighted by molar-refractivity contribution is 0.0271. The minimum absolute atomic E-state index is 0.174. The van der Waals surface area contributed by atoms with Gasteiger partial charge in [-0.2, -0.15) is 5.48 Å². The van der Waals surface area contributed by atoms with Gasteiger partial charge in [-0.1, -0.05) is 18.2 Å². The highest BCUT2D eigenvalue weighted by Crippen LogP contribution is 2.48. The normalized spacial score (nSPS) is 36.1. The highest BCUT2D eigenvalue weighted by molar-refractivity contribution is 5.30. The monoisotopic (exact) mass is 237 g/mol. The highest BCUT2D eigenvalue weighted by atomic mass is 19.1. The van der Waals surface area contributed by atoms with Crippen LogP contribution >= 0.6 is 0 Å². The van der Waals surface area contributed by atoms with Crippen LogP contribution in [0.5, 0.6) is 0 Å². The van der Waals surface area contributed by atoms with Gasteiger partial charge >= 0.3 is 0 Å². The summed E-state index contributed by atoms with van der Waals surface area (Å²) in [5.74, 6) is 0.108. The molecule has 2 aliphatic rings. The van der Waals surface area contributed by atoms with Crippen LogP contribution in [0.4, 0.5) is 4.39 Å². The van der Waals surface area contributed by atoms with Gasteiger partial charge in [0.2, 0.25) is 0 Å². The van der Waals surface area contributed by atoms with Crippen LogP contribution in [0, 0.1) is 11.7 Å². The lowest BCUT2D eigenvalue weighted by atomic mass is 9.82. The van der Waals surface area contributed by atoms with Gasteiger partial charge in [-0.25, -0.2) is 4.39 Å². The van der Waals surface area contributed by atoms with Crippen LogP contribution in [0.2, 0.25) is 0 Å². The third kappa shape index (κ3) is 1.59. The van der Waals surface area contributed by atoms with Crippen molar-refractivity contribution in [2.24, 2.45) is 5.92 Å². The van der Waals surface area contributed by atoms with E-state index in [-0.39, 0.29) is 17.8 Å². The van der Waals surface area contributed by atoms with E-state index in [1.807, 2.05) is 12.1 Å². The van der Waals surface area contributed by atoms with Crippen LogP contribution in [0.1, 0.15) is 18.4 Å². The van der Waals surface area contributed by atoms with Crippen molar-refractivity contribution in [3.8, 4) is 0 Å². The molecular formula is C13H16FNO2. The molecule has 1 saturated carbocycles. The molecule has 1 N–H and O–H groups in total. The van der Waals surface area contributed by atoms with Crippen molar-refractivity contribution in [3.63, 3.8) is 0 Å². The Labute approximate surface area is 99.9 Å². The van der Waals surface area contributed by atoms with Gasteiger partial charge in [0.05, 0.1) is 18.2 Å². The highest BCUT2D eigenvalue weighted by Gasteiger charge is 2.53. The summed E-state index contributed by atoms with van der Waals surface area (Å²) in [6.45, 7) is 0.619.